The summed E-state index contributed by atoms with van der Waals surface area (Å²) in [6.07, 6.45) is 4.67. The number of hydrogen-bond acceptors (Lipinski definition) is 7. The predicted octanol–water partition coefficient (Wildman–Crippen LogP) is 14.8. The predicted molar refractivity (Wildman–Crippen MR) is 291 cm³/mol. The van der Waals surface area contributed by atoms with E-state index in [2.05, 4.69) is 185 Å². The van der Waals surface area contributed by atoms with Gasteiger partial charge in [-0.25, -0.2) is 4.79 Å². The number of hydrogen-bond donors (Lipinski definition) is 0. The van der Waals surface area contributed by atoms with Gasteiger partial charge in [-0.05, 0) is 121 Å². The van der Waals surface area contributed by atoms with E-state index in [-0.39, 0.29) is 45.5 Å². The number of carbonyl (C=O) groups excluding carboxylic acids is 1. The third kappa shape index (κ3) is 14.4. The summed E-state index contributed by atoms with van der Waals surface area (Å²) in [5.41, 5.74) is 2.29. The maximum absolute atomic E-state index is 14.1. The zero-order chi connectivity index (χ0) is 49.6. The first-order valence-electron chi connectivity index (χ1n) is 24.3. The van der Waals surface area contributed by atoms with Crippen LogP contribution >= 0.6 is 23.4 Å². The second-order valence-electron chi connectivity index (χ2n) is 22.8. The molecule has 1 heterocycles. The Morgan fingerprint density at radius 1 is 0.791 bits per heavy atom. The van der Waals surface area contributed by atoms with E-state index in [0.29, 0.717) is 30.0 Å². The minimum Gasteiger partial charge on any atom is -0.462 e. The van der Waals surface area contributed by atoms with Crippen molar-refractivity contribution in [3.8, 4) is 0 Å². The van der Waals surface area contributed by atoms with Gasteiger partial charge in [-0.3, -0.25) is 0 Å². The molecule has 0 radical (unpaired) electrons. The second kappa shape index (κ2) is 22.5. The first-order chi connectivity index (χ1) is 31.1. The zero-order valence-corrected chi connectivity index (χ0v) is 48.1. The lowest BCUT2D eigenvalue weighted by molar-refractivity contribution is -0.152. The second-order valence-corrected chi connectivity index (χ2v) is 39.2. The quantitative estimate of drug-likeness (QED) is 0.0378. The minimum absolute atomic E-state index is 0.0441. The molecule has 1 saturated heterocycles. The molecule has 6 atom stereocenters. The van der Waals surface area contributed by atoms with E-state index in [0.717, 1.165) is 22.1 Å². The molecule has 366 valence electrons. The number of benzene rings is 4. The Labute approximate surface area is 417 Å². The van der Waals surface area contributed by atoms with E-state index in [9.17, 15) is 4.79 Å². The van der Waals surface area contributed by atoms with Crippen LogP contribution in [-0.4, -0.2) is 67.5 Å². The average molecular weight is 1000 g/mol. The lowest BCUT2D eigenvalue weighted by Crippen LogP contribution is -2.67. The van der Waals surface area contributed by atoms with Crippen LogP contribution in [0.1, 0.15) is 109 Å². The topological polar surface area (TPSA) is 63.2 Å². The standard InChI is InChI=1S/C56H81ClO6SSi3/c1-40(42(3)62-67(55(7,8)9,45-28-22-18-23-29-45)46-30-24-19-25-31-46)32-33-49(63-66(15,16)54(4,5)6)52-48(60-56(10,11)61-52)34-35-50(64-44-26-20-17-21-27-44)47-39-43(57)38-41(2)51(47)53(58)59-36-37-65(12,13)14/h17-33,38-40,42,48-50,52H,34-37H2,1-16H3/b33-32-/t40-,42-,48+,49?,50?,52-/m0/s1. The number of carbonyl (C=O) groups is 1. The molecule has 4 aromatic carbocycles. The fourth-order valence-electron chi connectivity index (χ4n) is 8.70. The summed E-state index contributed by atoms with van der Waals surface area (Å²) in [7, 11) is -6.57. The van der Waals surface area contributed by atoms with Gasteiger partial charge < -0.3 is 23.1 Å². The number of rotatable bonds is 20. The van der Waals surface area contributed by atoms with Crippen LogP contribution in [0.3, 0.4) is 0 Å². The summed E-state index contributed by atoms with van der Waals surface area (Å²) in [4.78, 5) is 15.2. The highest BCUT2D eigenvalue weighted by atomic mass is 35.5. The van der Waals surface area contributed by atoms with Gasteiger partial charge >= 0.3 is 5.97 Å². The van der Waals surface area contributed by atoms with E-state index in [1.807, 2.05) is 39.0 Å². The Morgan fingerprint density at radius 2 is 1.34 bits per heavy atom. The van der Waals surface area contributed by atoms with Gasteiger partial charge in [0.25, 0.3) is 8.32 Å². The van der Waals surface area contributed by atoms with Gasteiger partial charge in [0.2, 0.25) is 0 Å². The lowest BCUT2D eigenvalue weighted by atomic mass is 9.94. The Balaban J connectivity index is 1.51. The van der Waals surface area contributed by atoms with Gasteiger partial charge in [0.15, 0.2) is 14.1 Å². The Hall–Kier alpha value is -2.78. The van der Waals surface area contributed by atoms with Crippen molar-refractivity contribution in [3.63, 3.8) is 0 Å². The Bertz CT molecular complexity index is 2190. The Kier molecular flexibility index (Phi) is 18.5. The van der Waals surface area contributed by atoms with E-state index >= 15 is 0 Å². The van der Waals surface area contributed by atoms with Crippen molar-refractivity contribution in [1.82, 2.24) is 0 Å². The van der Waals surface area contributed by atoms with Crippen LogP contribution in [0.4, 0.5) is 0 Å². The summed E-state index contributed by atoms with van der Waals surface area (Å²) < 4.78 is 34.8. The van der Waals surface area contributed by atoms with Crippen LogP contribution in [0, 0.1) is 12.8 Å². The van der Waals surface area contributed by atoms with Gasteiger partial charge in [0, 0.05) is 29.3 Å². The normalized spacial score (nSPS) is 19.0. The molecule has 5 rings (SSSR count). The van der Waals surface area contributed by atoms with Gasteiger partial charge in [-0.15, -0.1) is 11.8 Å². The first-order valence-corrected chi connectivity index (χ1v) is 34.1. The highest BCUT2D eigenvalue weighted by molar-refractivity contribution is 7.99. The molecule has 0 spiro atoms. The number of ether oxygens (including phenoxy) is 3. The van der Waals surface area contributed by atoms with Crippen LogP contribution < -0.4 is 10.4 Å². The van der Waals surface area contributed by atoms with Crippen molar-refractivity contribution in [2.24, 2.45) is 5.92 Å². The third-order valence-electron chi connectivity index (χ3n) is 13.6. The minimum atomic E-state index is -2.80. The molecule has 1 fully saturated rings. The van der Waals surface area contributed by atoms with E-state index in [1.54, 1.807) is 11.8 Å². The fraction of sp³-hybridized carbons (Fsp3) is 0.518. The largest absolute Gasteiger partial charge is 0.462 e. The summed E-state index contributed by atoms with van der Waals surface area (Å²) in [5.74, 6) is -1.10. The monoisotopic (exact) mass is 1000 g/mol. The van der Waals surface area contributed by atoms with E-state index < -0.39 is 36.6 Å². The number of aryl methyl sites for hydroxylation is 1. The molecule has 0 N–H and O–H groups in total. The maximum atomic E-state index is 14.1. The van der Waals surface area contributed by atoms with Crippen LogP contribution in [0.25, 0.3) is 0 Å². The smallest absolute Gasteiger partial charge is 0.338 e. The van der Waals surface area contributed by atoms with E-state index in [4.69, 9.17) is 34.7 Å². The van der Waals surface area contributed by atoms with Gasteiger partial charge in [0.05, 0.1) is 24.4 Å². The molecule has 1 aliphatic heterocycles. The van der Waals surface area contributed by atoms with Gasteiger partial charge in [0.1, 0.15) is 6.10 Å². The molecule has 0 saturated carbocycles. The molecule has 2 unspecified atom stereocenters. The summed E-state index contributed by atoms with van der Waals surface area (Å²) in [6, 6.07) is 36.8. The highest BCUT2D eigenvalue weighted by Gasteiger charge is 2.52. The molecule has 0 bridgehead atoms. The number of halogens is 1. The van der Waals surface area contributed by atoms with Crippen molar-refractivity contribution < 1.29 is 27.9 Å². The summed E-state index contributed by atoms with van der Waals surface area (Å²) >= 11 is 8.58. The molecular formula is C56H81ClO6SSi3. The molecule has 11 heteroatoms. The molecule has 4 aromatic rings. The molecule has 0 aromatic heterocycles. The van der Waals surface area contributed by atoms with Crippen LogP contribution in [0.15, 0.2) is 120 Å². The Morgan fingerprint density at radius 3 is 1.87 bits per heavy atom. The van der Waals surface area contributed by atoms with E-state index in [1.165, 1.54) is 10.4 Å². The van der Waals surface area contributed by atoms with Crippen molar-refractivity contribution in [2.45, 2.75) is 178 Å². The molecular weight excluding hydrogens is 920 g/mol. The molecule has 6 nitrogen and oxygen atoms in total. The maximum Gasteiger partial charge on any atom is 0.338 e. The van der Waals surface area contributed by atoms with Crippen LogP contribution in [0.5, 0.6) is 0 Å². The average Bonchev–Trinajstić information content (AvgIpc) is 3.55. The van der Waals surface area contributed by atoms with Crippen LogP contribution in [0.2, 0.25) is 53.9 Å². The van der Waals surface area contributed by atoms with Crippen molar-refractivity contribution in [2.75, 3.05) is 6.61 Å². The van der Waals surface area contributed by atoms with Gasteiger partial charge in [-0.2, -0.15) is 0 Å². The summed E-state index contributed by atoms with van der Waals surface area (Å²) in [6.45, 7) is 36.1. The van der Waals surface area contributed by atoms with Crippen LogP contribution in [-0.2, 0) is 23.1 Å². The highest BCUT2D eigenvalue weighted by Crippen LogP contribution is 2.46. The lowest BCUT2D eigenvalue weighted by Gasteiger charge is -2.45. The summed E-state index contributed by atoms with van der Waals surface area (Å²) in [5, 5.41) is 2.79. The zero-order valence-electron chi connectivity index (χ0n) is 43.5. The number of thioether (sulfide) groups is 1. The molecule has 67 heavy (non-hydrogen) atoms. The molecule has 0 aliphatic carbocycles. The van der Waals surface area contributed by atoms with Crippen molar-refractivity contribution >= 4 is 64.4 Å². The first kappa shape index (κ1) is 55.2. The third-order valence-corrected chi connectivity index (χ3v) is 26.5. The van der Waals surface area contributed by atoms with Crippen molar-refractivity contribution in [3.05, 3.63) is 137 Å². The molecule has 1 aliphatic rings. The SMILES string of the molecule is Cc1cc(Cl)cc(C(CC[C@H]2OC(C)(C)O[C@@H]2C(/C=C\[C@H](C)[C@H](C)O[Si](c2ccccc2)(c2ccccc2)C(C)(C)C)O[Si](C)(C)C(C)(C)C)Sc2ccccc2)c1C(=O)OCC[Si](C)(C)C. The fourth-order valence-corrected chi connectivity index (χ4v) is 16.9. The van der Waals surface area contributed by atoms with Crippen molar-refractivity contribution in [1.29, 1.82) is 0 Å². The molecule has 0 amide bonds. The van der Waals surface area contributed by atoms with Gasteiger partial charge in [-0.1, -0.05) is 171 Å². The number of esters is 1.